The van der Waals surface area contributed by atoms with Gasteiger partial charge in [-0.25, -0.2) is 9.38 Å². The van der Waals surface area contributed by atoms with E-state index >= 15 is 0 Å². The molecular weight excluding hydrogens is 513 g/mol. The first kappa shape index (κ1) is 28.4. The molecule has 0 bridgehead atoms. The zero-order valence-electron chi connectivity index (χ0n) is 22.1. The van der Waals surface area contributed by atoms with Gasteiger partial charge in [0.1, 0.15) is 16.8 Å². The summed E-state index contributed by atoms with van der Waals surface area (Å²) in [5, 5.41) is 2.71. The summed E-state index contributed by atoms with van der Waals surface area (Å²) >= 11 is 1.25. The van der Waals surface area contributed by atoms with Crippen LogP contribution < -0.4 is 10.1 Å². The number of unbranched alkanes of at least 4 members (excludes halogenated alkanes) is 3. The predicted molar refractivity (Wildman–Crippen MR) is 156 cm³/mol. The van der Waals surface area contributed by atoms with E-state index in [0.29, 0.717) is 36.1 Å². The Kier molecular flexibility index (Phi) is 10.5. The third kappa shape index (κ3) is 8.68. The highest BCUT2D eigenvalue weighted by molar-refractivity contribution is 8.15. The van der Waals surface area contributed by atoms with Crippen LogP contribution in [0.3, 0.4) is 0 Å². The monoisotopic (exact) mass is 547 g/mol. The summed E-state index contributed by atoms with van der Waals surface area (Å²) < 4.78 is 19.2. The molecule has 6 nitrogen and oxygen atoms in total. The summed E-state index contributed by atoms with van der Waals surface area (Å²) in [4.78, 5) is 32.6. The fraction of sp³-hybridized carbons (Fsp3) is 0.323. The third-order valence-electron chi connectivity index (χ3n) is 6.34. The van der Waals surface area contributed by atoms with Crippen LogP contribution in [-0.4, -0.2) is 40.3 Å². The highest BCUT2D eigenvalue weighted by atomic mass is 32.2. The van der Waals surface area contributed by atoms with E-state index < -0.39 is 5.25 Å². The summed E-state index contributed by atoms with van der Waals surface area (Å²) in [6.45, 7) is 3.28. The Hall–Kier alpha value is -3.65. The Balaban J connectivity index is 1.41. The second-order valence-corrected chi connectivity index (χ2v) is 10.6. The fourth-order valence-corrected chi connectivity index (χ4v) is 5.27. The third-order valence-corrected chi connectivity index (χ3v) is 7.53. The van der Waals surface area contributed by atoms with Crippen molar-refractivity contribution in [1.82, 2.24) is 4.90 Å². The van der Waals surface area contributed by atoms with E-state index in [1.54, 1.807) is 29.2 Å². The van der Waals surface area contributed by atoms with E-state index in [2.05, 4.69) is 17.2 Å². The molecule has 1 unspecified atom stereocenters. The lowest BCUT2D eigenvalue weighted by molar-refractivity contribution is -0.129. The molecule has 1 atom stereocenters. The molecule has 1 aliphatic heterocycles. The predicted octanol–water partition coefficient (Wildman–Crippen LogP) is 6.99. The van der Waals surface area contributed by atoms with Crippen LogP contribution in [0.2, 0.25) is 0 Å². The van der Waals surface area contributed by atoms with E-state index in [-0.39, 0.29) is 24.1 Å². The minimum Gasteiger partial charge on any atom is -0.494 e. The Bertz CT molecular complexity index is 1250. The molecule has 2 amide bonds. The van der Waals surface area contributed by atoms with Gasteiger partial charge in [-0.1, -0.05) is 68.3 Å². The second-order valence-electron chi connectivity index (χ2n) is 9.39. The van der Waals surface area contributed by atoms with Crippen LogP contribution in [0.15, 0.2) is 83.9 Å². The first-order valence-corrected chi connectivity index (χ1v) is 14.3. The normalized spacial score (nSPS) is 16.4. The van der Waals surface area contributed by atoms with Gasteiger partial charge in [0.25, 0.3) is 0 Å². The van der Waals surface area contributed by atoms with Crippen LogP contribution in [0.4, 0.5) is 15.8 Å². The summed E-state index contributed by atoms with van der Waals surface area (Å²) in [5.74, 6) is -0.0412. The van der Waals surface area contributed by atoms with Crippen molar-refractivity contribution >= 4 is 40.1 Å². The van der Waals surface area contributed by atoms with Gasteiger partial charge in [-0.05, 0) is 66.9 Å². The van der Waals surface area contributed by atoms with Gasteiger partial charge in [-0.3, -0.25) is 14.5 Å². The Labute approximate surface area is 233 Å². The quantitative estimate of drug-likeness (QED) is 0.248. The minimum atomic E-state index is -0.640. The number of benzene rings is 3. The Morgan fingerprint density at radius 3 is 2.49 bits per heavy atom. The molecule has 204 valence electrons. The van der Waals surface area contributed by atoms with Crippen molar-refractivity contribution in [2.45, 2.75) is 50.7 Å². The maximum absolute atomic E-state index is 13.4. The average Bonchev–Trinajstić information content (AvgIpc) is 2.95. The largest absolute Gasteiger partial charge is 0.494 e. The lowest BCUT2D eigenvalue weighted by Crippen LogP contribution is -2.46. The van der Waals surface area contributed by atoms with Crippen LogP contribution in [-0.2, 0) is 16.0 Å². The molecule has 0 radical (unpaired) electrons. The molecule has 1 saturated heterocycles. The smallest absolute Gasteiger partial charge is 0.238 e. The molecule has 0 aromatic heterocycles. The molecule has 39 heavy (non-hydrogen) atoms. The van der Waals surface area contributed by atoms with Crippen molar-refractivity contribution < 1.29 is 18.7 Å². The molecule has 0 aliphatic carbocycles. The molecule has 1 N–H and O–H groups in total. The highest BCUT2D eigenvalue weighted by Gasteiger charge is 2.35. The molecule has 1 fully saturated rings. The first-order valence-electron chi connectivity index (χ1n) is 13.4. The molecular formula is C31H34FN3O3S. The number of hydrogen-bond acceptors (Lipinski definition) is 5. The van der Waals surface area contributed by atoms with Crippen LogP contribution in [0.1, 0.15) is 44.6 Å². The zero-order chi connectivity index (χ0) is 27.5. The number of aliphatic imine (C=N–C) groups is 1. The minimum absolute atomic E-state index is 0.0622. The van der Waals surface area contributed by atoms with Gasteiger partial charge >= 0.3 is 0 Å². The van der Waals surface area contributed by atoms with Crippen LogP contribution in [0.25, 0.3) is 0 Å². The maximum Gasteiger partial charge on any atom is 0.238 e. The summed E-state index contributed by atoms with van der Waals surface area (Å²) in [6, 6.07) is 22.9. The van der Waals surface area contributed by atoms with Gasteiger partial charge in [0, 0.05) is 18.7 Å². The van der Waals surface area contributed by atoms with Crippen LogP contribution in [0, 0.1) is 5.82 Å². The molecule has 3 aromatic carbocycles. The average molecular weight is 548 g/mol. The number of amides is 2. The van der Waals surface area contributed by atoms with Crippen LogP contribution in [0.5, 0.6) is 5.75 Å². The van der Waals surface area contributed by atoms with Crippen molar-refractivity contribution in [1.29, 1.82) is 0 Å². The Morgan fingerprint density at radius 1 is 1.03 bits per heavy atom. The van der Waals surface area contributed by atoms with Gasteiger partial charge < -0.3 is 10.1 Å². The summed E-state index contributed by atoms with van der Waals surface area (Å²) in [7, 11) is 0. The number of halogens is 1. The molecule has 0 saturated carbocycles. The number of anilines is 1. The molecule has 4 rings (SSSR count). The summed E-state index contributed by atoms with van der Waals surface area (Å²) in [5.41, 5.74) is 2.25. The van der Waals surface area contributed by atoms with Gasteiger partial charge in [0.2, 0.25) is 11.8 Å². The van der Waals surface area contributed by atoms with E-state index in [0.717, 1.165) is 24.2 Å². The van der Waals surface area contributed by atoms with E-state index in [9.17, 15) is 14.0 Å². The van der Waals surface area contributed by atoms with Gasteiger partial charge in [0.05, 0.1) is 12.3 Å². The van der Waals surface area contributed by atoms with Crippen molar-refractivity contribution in [3.63, 3.8) is 0 Å². The van der Waals surface area contributed by atoms with Crippen molar-refractivity contribution in [3.8, 4) is 5.75 Å². The Morgan fingerprint density at radius 2 is 1.77 bits per heavy atom. The number of carbonyl (C=O) groups excluding carboxylic acids is 2. The van der Waals surface area contributed by atoms with Gasteiger partial charge in [-0.2, -0.15) is 0 Å². The van der Waals surface area contributed by atoms with Gasteiger partial charge in [-0.15, -0.1) is 0 Å². The molecule has 3 aromatic rings. The number of carbonyl (C=O) groups is 2. The molecule has 1 aliphatic rings. The lowest BCUT2D eigenvalue weighted by atomic mass is 10.1. The molecule has 1 heterocycles. The topological polar surface area (TPSA) is 71.0 Å². The van der Waals surface area contributed by atoms with Crippen LogP contribution >= 0.6 is 11.8 Å². The zero-order valence-corrected chi connectivity index (χ0v) is 23.0. The number of amidine groups is 1. The number of nitrogens with one attached hydrogen (secondary N) is 1. The SMILES string of the molecule is CCCCCCOc1ccc(NC(=O)C2CC(=O)N(CCc3ccccc3)C(=Nc3ccc(F)cc3)S2)cc1. The van der Waals surface area contributed by atoms with E-state index in [1.807, 2.05) is 42.5 Å². The fourth-order valence-electron chi connectivity index (χ4n) is 4.15. The molecule has 0 spiro atoms. The second kappa shape index (κ2) is 14.5. The lowest BCUT2D eigenvalue weighted by Gasteiger charge is -2.32. The van der Waals surface area contributed by atoms with Crippen molar-refractivity contribution in [2.24, 2.45) is 4.99 Å². The van der Waals surface area contributed by atoms with Crippen molar-refractivity contribution in [3.05, 3.63) is 90.2 Å². The standard InChI is InChI=1S/C31H34FN3O3S/c1-2-3-4-8-21-38-27-17-15-25(16-18-27)33-30(37)28-22-29(36)35(20-19-23-9-6-5-7-10-23)31(39-28)34-26-13-11-24(32)12-14-26/h5-7,9-18,28H,2-4,8,19-22H2,1H3,(H,33,37). The summed E-state index contributed by atoms with van der Waals surface area (Å²) in [6.07, 6.45) is 5.27. The number of rotatable bonds is 12. The van der Waals surface area contributed by atoms with E-state index in [4.69, 9.17) is 4.74 Å². The van der Waals surface area contributed by atoms with E-state index in [1.165, 1.54) is 36.7 Å². The highest BCUT2D eigenvalue weighted by Crippen LogP contribution is 2.30. The van der Waals surface area contributed by atoms with Crippen molar-refractivity contribution in [2.75, 3.05) is 18.5 Å². The number of nitrogens with zero attached hydrogens (tertiary/aromatic N) is 2. The number of ether oxygens (including phenoxy) is 1. The number of hydrogen-bond donors (Lipinski definition) is 1. The molecule has 8 heteroatoms. The van der Waals surface area contributed by atoms with Gasteiger partial charge in [0.15, 0.2) is 5.17 Å². The first-order chi connectivity index (χ1) is 19.0. The number of thioether (sulfide) groups is 1. The maximum atomic E-state index is 13.4.